The molecule has 3 nitrogen and oxygen atoms in total. The van der Waals surface area contributed by atoms with E-state index in [0.717, 1.165) is 30.8 Å². The predicted molar refractivity (Wildman–Crippen MR) is 75.7 cm³/mol. The molecule has 1 aromatic carbocycles. The van der Waals surface area contributed by atoms with Crippen LogP contribution in [0.15, 0.2) is 24.3 Å². The molecule has 0 bridgehead atoms. The van der Waals surface area contributed by atoms with E-state index in [9.17, 15) is 5.11 Å². The number of hydrogen-bond acceptors (Lipinski definition) is 3. The van der Waals surface area contributed by atoms with Crippen LogP contribution in [-0.2, 0) is 0 Å². The molecule has 0 amide bonds. The molecule has 19 heavy (non-hydrogen) atoms. The topological polar surface area (TPSA) is 38.7 Å². The normalized spacial score (nSPS) is 24.6. The zero-order valence-electron chi connectivity index (χ0n) is 12.1. The summed E-state index contributed by atoms with van der Waals surface area (Å²) in [7, 11) is 0. The fourth-order valence-corrected chi connectivity index (χ4v) is 3.01. The average Bonchev–Trinajstić information content (AvgIpc) is 2.42. The van der Waals surface area contributed by atoms with Gasteiger partial charge in [0.2, 0.25) is 0 Å². The third-order valence-electron chi connectivity index (χ3n) is 4.47. The first-order chi connectivity index (χ1) is 9.16. The number of aliphatic hydroxyl groups is 1. The molecule has 0 radical (unpaired) electrons. The van der Waals surface area contributed by atoms with Crippen LogP contribution >= 0.6 is 0 Å². The molecule has 2 rings (SSSR count). The molecule has 0 saturated heterocycles. The Balaban J connectivity index is 2.01. The summed E-state index contributed by atoms with van der Waals surface area (Å²) < 4.78 is 11.4. The summed E-state index contributed by atoms with van der Waals surface area (Å²) in [6, 6.07) is 7.72. The van der Waals surface area contributed by atoms with E-state index < -0.39 is 0 Å². The molecule has 0 aromatic heterocycles. The van der Waals surface area contributed by atoms with Gasteiger partial charge in [-0.2, -0.15) is 0 Å². The van der Waals surface area contributed by atoms with Gasteiger partial charge in [0.15, 0.2) is 0 Å². The van der Waals surface area contributed by atoms with Gasteiger partial charge in [-0.15, -0.1) is 0 Å². The largest absolute Gasteiger partial charge is 0.494 e. The van der Waals surface area contributed by atoms with Crippen molar-refractivity contribution in [2.45, 2.75) is 52.2 Å². The van der Waals surface area contributed by atoms with Crippen molar-refractivity contribution in [3.63, 3.8) is 0 Å². The molecule has 0 spiro atoms. The number of rotatable bonds is 6. The molecule has 1 aromatic rings. The second-order valence-corrected chi connectivity index (χ2v) is 5.20. The lowest BCUT2D eigenvalue weighted by atomic mass is 9.60. The van der Waals surface area contributed by atoms with Gasteiger partial charge in [0, 0.05) is 11.8 Å². The van der Waals surface area contributed by atoms with Crippen LogP contribution in [0, 0.1) is 5.41 Å². The predicted octanol–water partition coefficient (Wildman–Crippen LogP) is 3.40. The quantitative estimate of drug-likeness (QED) is 0.855. The summed E-state index contributed by atoms with van der Waals surface area (Å²) in [6.45, 7) is 6.89. The number of ether oxygens (including phenoxy) is 2. The molecule has 2 atom stereocenters. The van der Waals surface area contributed by atoms with E-state index in [2.05, 4.69) is 13.8 Å². The molecular weight excluding hydrogens is 240 g/mol. The van der Waals surface area contributed by atoms with Crippen LogP contribution in [0.2, 0.25) is 0 Å². The van der Waals surface area contributed by atoms with Gasteiger partial charge in [0.05, 0.1) is 12.7 Å². The van der Waals surface area contributed by atoms with Gasteiger partial charge < -0.3 is 14.6 Å². The van der Waals surface area contributed by atoms with Crippen molar-refractivity contribution in [3.8, 4) is 11.5 Å². The van der Waals surface area contributed by atoms with Crippen molar-refractivity contribution in [2.24, 2.45) is 5.41 Å². The van der Waals surface area contributed by atoms with Crippen molar-refractivity contribution in [2.75, 3.05) is 6.61 Å². The highest BCUT2D eigenvalue weighted by atomic mass is 16.5. The second kappa shape index (κ2) is 5.83. The van der Waals surface area contributed by atoms with E-state index in [1.54, 1.807) is 0 Å². The SMILES string of the molecule is CCOc1ccc(OC2CC(O)C2(CC)CC)cc1. The highest BCUT2D eigenvalue weighted by Crippen LogP contribution is 2.48. The molecule has 106 valence electrons. The molecule has 2 unspecified atom stereocenters. The maximum absolute atomic E-state index is 10.0. The molecule has 1 N–H and O–H groups in total. The zero-order chi connectivity index (χ0) is 13.9. The number of hydrogen-bond donors (Lipinski definition) is 1. The van der Waals surface area contributed by atoms with Crippen LogP contribution in [0.1, 0.15) is 40.0 Å². The van der Waals surface area contributed by atoms with Crippen LogP contribution in [0.25, 0.3) is 0 Å². The molecule has 0 aliphatic heterocycles. The standard InChI is InChI=1S/C16H24O3/c1-4-16(5-2)14(17)11-15(16)19-13-9-7-12(8-10-13)18-6-3/h7-10,14-15,17H,4-6,11H2,1-3H3. The van der Waals surface area contributed by atoms with Crippen molar-refractivity contribution in [1.29, 1.82) is 0 Å². The third-order valence-corrected chi connectivity index (χ3v) is 4.47. The fourth-order valence-electron chi connectivity index (χ4n) is 3.01. The molecule has 0 heterocycles. The van der Waals surface area contributed by atoms with Gasteiger partial charge in [-0.05, 0) is 44.0 Å². The van der Waals surface area contributed by atoms with Gasteiger partial charge in [0.1, 0.15) is 17.6 Å². The third kappa shape index (κ3) is 2.57. The Morgan fingerprint density at radius 3 is 2.16 bits per heavy atom. The smallest absolute Gasteiger partial charge is 0.120 e. The van der Waals surface area contributed by atoms with Crippen molar-refractivity contribution in [1.82, 2.24) is 0 Å². The van der Waals surface area contributed by atoms with Crippen LogP contribution in [-0.4, -0.2) is 23.9 Å². The Hall–Kier alpha value is -1.22. The maximum atomic E-state index is 10.0. The minimum Gasteiger partial charge on any atom is -0.494 e. The molecule has 1 fully saturated rings. The van der Waals surface area contributed by atoms with Crippen molar-refractivity contribution in [3.05, 3.63) is 24.3 Å². The van der Waals surface area contributed by atoms with E-state index >= 15 is 0 Å². The Labute approximate surface area is 115 Å². The highest BCUT2D eigenvalue weighted by Gasteiger charge is 2.53. The van der Waals surface area contributed by atoms with E-state index in [4.69, 9.17) is 9.47 Å². The molecule has 1 aliphatic carbocycles. The Kier molecular flexibility index (Phi) is 4.35. The van der Waals surface area contributed by atoms with Gasteiger partial charge in [-0.25, -0.2) is 0 Å². The summed E-state index contributed by atoms with van der Waals surface area (Å²) in [5, 5.41) is 10.0. The van der Waals surface area contributed by atoms with Crippen molar-refractivity contribution >= 4 is 0 Å². The summed E-state index contributed by atoms with van der Waals surface area (Å²) in [5.41, 5.74) is -0.0708. The van der Waals surface area contributed by atoms with Crippen LogP contribution in [0.3, 0.4) is 0 Å². The van der Waals surface area contributed by atoms with E-state index in [-0.39, 0.29) is 17.6 Å². The zero-order valence-corrected chi connectivity index (χ0v) is 12.1. The lowest BCUT2D eigenvalue weighted by molar-refractivity contribution is -0.159. The van der Waals surface area contributed by atoms with E-state index in [0.29, 0.717) is 6.61 Å². The molecule has 1 aliphatic rings. The maximum Gasteiger partial charge on any atom is 0.120 e. The highest BCUT2D eigenvalue weighted by molar-refractivity contribution is 5.31. The van der Waals surface area contributed by atoms with E-state index in [1.807, 2.05) is 31.2 Å². The molecular formula is C16H24O3. The summed E-state index contributed by atoms with van der Waals surface area (Å²) >= 11 is 0. The van der Waals surface area contributed by atoms with Gasteiger partial charge in [0.25, 0.3) is 0 Å². The first-order valence-corrected chi connectivity index (χ1v) is 7.23. The van der Waals surface area contributed by atoms with Gasteiger partial charge in [-0.1, -0.05) is 13.8 Å². The molecule has 3 heteroatoms. The summed E-state index contributed by atoms with van der Waals surface area (Å²) in [4.78, 5) is 0. The van der Waals surface area contributed by atoms with Gasteiger partial charge in [-0.3, -0.25) is 0 Å². The van der Waals surface area contributed by atoms with Crippen molar-refractivity contribution < 1.29 is 14.6 Å². The molecule has 1 saturated carbocycles. The Bertz CT molecular complexity index is 395. The Morgan fingerprint density at radius 2 is 1.68 bits per heavy atom. The monoisotopic (exact) mass is 264 g/mol. The number of benzene rings is 1. The summed E-state index contributed by atoms with van der Waals surface area (Å²) in [5.74, 6) is 1.72. The van der Waals surface area contributed by atoms with Crippen LogP contribution in [0.5, 0.6) is 11.5 Å². The first kappa shape index (κ1) is 14.2. The fraction of sp³-hybridized carbons (Fsp3) is 0.625. The minimum atomic E-state index is -0.227. The van der Waals surface area contributed by atoms with Crippen LogP contribution < -0.4 is 9.47 Å². The Morgan fingerprint density at radius 1 is 1.11 bits per heavy atom. The first-order valence-electron chi connectivity index (χ1n) is 7.23. The summed E-state index contributed by atoms with van der Waals surface area (Å²) in [6.07, 6.45) is 2.53. The number of aliphatic hydroxyl groups excluding tert-OH is 1. The van der Waals surface area contributed by atoms with Crippen LogP contribution in [0.4, 0.5) is 0 Å². The lowest BCUT2D eigenvalue weighted by Crippen LogP contribution is -2.59. The minimum absolute atomic E-state index is 0.0708. The van der Waals surface area contributed by atoms with Gasteiger partial charge >= 0.3 is 0 Å². The second-order valence-electron chi connectivity index (χ2n) is 5.20. The lowest BCUT2D eigenvalue weighted by Gasteiger charge is -2.52. The van der Waals surface area contributed by atoms with E-state index in [1.165, 1.54) is 0 Å². The average molecular weight is 264 g/mol.